The minimum Gasteiger partial charge on any atom is -0.497 e. The summed E-state index contributed by atoms with van der Waals surface area (Å²) in [5.74, 6) is 1.58. The summed E-state index contributed by atoms with van der Waals surface area (Å²) in [5.41, 5.74) is 5.78. The summed E-state index contributed by atoms with van der Waals surface area (Å²) in [7, 11) is 3.33. The molecule has 1 N–H and O–H groups in total. The zero-order valence-electron chi connectivity index (χ0n) is 18.5. The van der Waals surface area contributed by atoms with E-state index in [2.05, 4.69) is 30.1 Å². The number of ether oxygens (including phenoxy) is 2. The van der Waals surface area contributed by atoms with Crippen LogP contribution < -0.4 is 9.47 Å². The molecule has 2 heterocycles. The predicted molar refractivity (Wildman–Crippen MR) is 126 cm³/mol. The van der Waals surface area contributed by atoms with Gasteiger partial charge in [-0.15, -0.1) is 0 Å². The van der Waals surface area contributed by atoms with E-state index in [1.54, 1.807) is 14.2 Å². The number of methoxy groups -OCH3 is 2. The third kappa shape index (κ3) is 3.04. The van der Waals surface area contributed by atoms with Gasteiger partial charge in [0.2, 0.25) is 0 Å². The number of nitrogens with zero attached hydrogens (tertiary/aromatic N) is 1. The minimum absolute atomic E-state index is 0.0845. The Labute approximate surface area is 187 Å². The first-order valence-corrected chi connectivity index (χ1v) is 10.9. The third-order valence-electron chi connectivity index (χ3n) is 6.22. The number of hydrogen-bond donors (Lipinski definition) is 1. The number of aromatic nitrogens is 1. The van der Waals surface area contributed by atoms with Crippen molar-refractivity contribution < 1.29 is 14.3 Å². The van der Waals surface area contributed by atoms with Gasteiger partial charge in [0.1, 0.15) is 11.5 Å². The Morgan fingerprint density at radius 1 is 0.938 bits per heavy atom. The SMILES string of the molecule is CCCN1C(=O)c2ccccc2[C@H]1c1c(-c2cc(OC)ccc2OC)[nH]c2ccccc12. The van der Waals surface area contributed by atoms with Gasteiger partial charge in [-0.25, -0.2) is 0 Å². The molecule has 0 aliphatic carbocycles. The van der Waals surface area contributed by atoms with E-state index in [1.807, 2.05) is 53.4 Å². The van der Waals surface area contributed by atoms with Gasteiger partial charge in [-0.2, -0.15) is 0 Å². The second-order valence-corrected chi connectivity index (χ2v) is 8.01. The Bertz CT molecular complexity index is 1310. The summed E-state index contributed by atoms with van der Waals surface area (Å²) in [4.78, 5) is 19.0. The van der Waals surface area contributed by atoms with Gasteiger partial charge in [-0.05, 0) is 42.3 Å². The predicted octanol–water partition coefficient (Wildman–Crippen LogP) is 5.81. The van der Waals surface area contributed by atoms with Crippen LogP contribution in [0, 0.1) is 0 Å². The molecule has 1 aliphatic heterocycles. The number of carbonyl (C=O) groups excluding carboxylic acids is 1. The maximum absolute atomic E-state index is 13.4. The normalized spacial score (nSPS) is 15.3. The van der Waals surface area contributed by atoms with E-state index in [4.69, 9.17) is 9.47 Å². The molecule has 3 aromatic carbocycles. The van der Waals surface area contributed by atoms with Gasteiger partial charge in [0.05, 0.1) is 26.0 Å². The summed E-state index contributed by atoms with van der Waals surface area (Å²) in [6, 6.07) is 21.8. The van der Waals surface area contributed by atoms with Gasteiger partial charge < -0.3 is 19.4 Å². The van der Waals surface area contributed by atoms with Crippen LogP contribution in [-0.4, -0.2) is 36.6 Å². The van der Waals surface area contributed by atoms with E-state index >= 15 is 0 Å². The number of rotatable bonds is 6. The van der Waals surface area contributed by atoms with Crippen molar-refractivity contribution in [2.45, 2.75) is 19.4 Å². The average Bonchev–Trinajstić information content (AvgIpc) is 3.34. The highest BCUT2D eigenvalue weighted by Gasteiger charge is 2.39. The summed E-state index contributed by atoms with van der Waals surface area (Å²) in [6.45, 7) is 2.79. The standard InChI is InChI=1S/C27H26N2O3/c1-4-15-29-26(18-9-5-6-10-19(18)27(29)30)24-20-11-7-8-12-22(20)28-25(24)21-16-17(31-2)13-14-23(21)32-3/h5-14,16,26,28H,4,15H2,1-3H3/t26-/m0/s1. The molecule has 1 amide bonds. The molecule has 5 rings (SSSR count). The van der Waals surface area contributed by atoms with E-state index < -0.39 is 0 Å². The molecule has 5 nitrogen and oxygen atoms in total. The number of para-hydroxylation sites is 1. The van der Waals surface area contributed by atoms with Crippen LogP contribution in [0.25, 0.3) is 22.2 Å². The van der Waals surface area contributed by atoms with E-state index in [0.717, 1.165) is 56.8 Å². The van der Waals surface area contributed by atoms with Crippen LogP contribution in [0.15, 0.2) is 66.7 Å². The topological polar surface area (TPSA) is 54.6 Å². The molecular weight excluding hydrogens is 400 g/mol. The van der Waals surface area contributed by atoms with Gasteiger partial charge in [-0.3, -0.25) is 4.79 Å². The number of H-pyrrole nitrogens is 1. The lowest BCUT2D eigenvalue weighted by molar-refractivity contribution is 0.0751. The van der Waals surface area contributed by atoms with Crippen molar-refractivity contribution in [3.8, 4) is 22.8 Å². The number of amides is 1. The quantitative estimate of drug-likeness (QED) is 0.423. The summed E-state index contributed by atoms with van der Waals surface area (Å²) in [6.07, 6.45) is 0.885. The smallest absolute Gasteiger partial charge is 0.255 e. The van der Waals surface area contributed by atoms with Crippen LogP contribution in [-0.2, 0) is 0 Å². The van der Waals surface area contributed by atoms with Crippen molar-refractivity contribution in [2.24, 2.45) is 0 Å². The first kappa shape index (κ1) is 20.2. The second kappa shape index (κ2) is 8.08. The zero-order valence-corrected chi connectivity index (χ0v) is 18.5. The highest BCUT2D eigenvalue weighted by atomic mass is 16.5. The van der Waals surface area contributed by atoms with Gasteiger partial charge in [0.25, 0.3) is 5.91 Å². The van der Waals surface area contributed by atoms with Gasteiger partial charge in [0.15, 0.2) is 0 Å². The van der Waals surface area contributed by atoms with Gasteiger partial charge in [0, 0.05) is 34.1 Å². The lowest BCUT2D eigenvalue weighted by Crippen LogP contribution is -2.29. The first-order chi connectivity index (χ1) is 15.7. The molecule has 0 unspecified atom stereocenters. The highest BCUT2D eigenvalue weighted by Crippen LogP contribution is 2.47. The molecule has 0 spiro atoms. The van der Waals surface area contributed by atoms with E-state index in [-0.39, 0.29) is 11.9 Å². The molecular formula is C27H26N2O3. The van der Waals surface area contributed by atoms with Crippen molar-refractivity contribution in [2.75, 3.05) is 20.8 Å². The molecule has 0 fully saturated rings. The number of carbonyl (C=O) groups is 1. The number of aromatic amines is 1. The van der Waals surface area contributed by atoms with Crippen LogP contribution in [0.2, 0.25) is 0 Å². The largest absolute Gasteiger partial charge is 0.497 e. The van der Waals surface area contributed by atoms with E-state index in [9.17, 15) is 4.79 Å². The second-order valence-electron chi connectivity index (χ2n) is 8.01. The molecule has 32 heavy (non-hydrogen) atoms. The number of hydrogen-bond acceptors (Lipinski definition) is 3. The molecule has 1 aliphatic rings. The number of fused-ring (bicyclic) bond motifs is 2. The molecule has 1 atom stereocenters. The molecule has 0 saturated heterocycles. The first-order valence-electron chi connectivity index (χ1n) is 10.9. The van der Waals surface area contributed by atoms with Crippen LogP contribution in [0.1, 0.15) is 40.9 Å². The lowest BCUT2D eigenvalue weighted by atomic mass is 9.92. The summed E-state index contributed by atoms with van der Waals surface area (Å²) in [5, 5.41) is 1.10. The summed E-state index contributed by atoms with van der Waals surface area (Å²) >= 11 is 0. The fraction of sp³-hybridized carbons (Fsp3) is 0.222. The van der Waals surface area contributed by atoms with Crippen LogP contribution in [0.5, 0.6) is 11.5 Å². The minimum atomic E-state index is -0.180. The molecule has 5 heteroatoms. The monoisotopic (exact) mass is 426 g/mol. The Balaban J connectivity index is 1.83. The molecule has 0 saturated carbocycles. The van der Waals surface area contributed by atoms with Crippen molar-refractivity contribution in [3.63, 3.8) is 0 Å². The van der Waals surface area contributed by atoms with E-state index in [0.29, 0.717) is 6.54 Å². The van der Waals surface area contributed by atoms with Crippen molar-refractivity contribution in [1.29, 1.82) is 0 Å². The Morgan fingerprint density at radius 3 is 2.50 bits per heavy atom. The van der Waals surface area contributed by atoms with Crippen LogP contribution >= 0.6 is 0 Å². The maximum atomic E-state index is 13.4. The molecule has 0 bridgehead atoms. The van der Waals surface area contributed by atoms with Crippen molar-refractivity contribution in [3.05, 3.63) is 83.4 Å². The third-order valence-corrected chi connectivity index (χ3v) is 6.22. The Kier molecular flexibility index (Phi) is 5.10. The number of benzene rings is 3. The Morgan fingerprint density at radius 2 is 1.72 bits per heavy atom. The molecule has 162 valence electrons. The van der Waals surface area contributed by atoms with Crippen molar-refractivity contribution >= 4 is 16.8 Å². The van der Waals surface area contributed by atoms with Crippen LogP contribution in [0.3, 0.4) is 0 Å². The fourth-order valence-corrected chi connectivity index (χ4v) is 4.82. The zero-order chi connectivity index (χ0) is 22.2. The maximum Gasteiger partial charge on any atom is 0.255 e. The van der Waals surface area contributed by atoms with Crippen LogP contribution in [0.4, 0.5) is 0 Å². The molecule has 0 radical (unpaired) electrons. The highest BCUT2D eigenvalue weighted by molar-refractivity contribution is 6.02. The Hall–Kier alpha value is -3.73. The van der Waals surface area contributed by atoms with Crippen molar-refractivity contribution in [1.82, 2.24) is 9.88 Å². The van der Waals surface area contributed by atoms with E-state index in [1.165, 1.54) is 0 Å². The number of nitrogens with one attached hydrogen (secondary N) is 1. The average molecular weight is 427 g/mol. The lowest BCUT2D eigenvalue weighted by Gasteiger charge is -2.26. The fourth-order valence-electron chi connectivity index (χ4n) is 4.82. The summed E-state index contributed by atoms with van der Waals surface area (Å²) < 4.78 is 11.2. The van der Waals surface area contributed by atoms with Gasteiger partial charge >= 0.3 is 0 Å². The molecule has 1 aromatic heterocycles. The van der Waals surface area contributed by atoms with Gasteiger partial charge in [-0.1, -0.05) is 43.3 Å². The molecule has 4 aromatic rings.